The zero-order valence-electron chi connectivity index (χ0n) is 12.5. The fourth-order valence-corrected chi connectivity index (χ4v) is 1.83. The highest BCUT2D eigenvalue weighted by Crippen LogP contribution is 2.12. The minimum atomic E-state index is -0.0400. The van der Waals surface area contributed by atoms with Crippen LogP contribution in [-0.4, -0.2) is 27.0 Å². The van der Waals surface area contributed by atoms with E-state index in [1.807, 2.05) is 48.1 Å². The summed E-state index contributed by atoms with van der Waals surface area (Å²) in [4.78, 5) is 14.1. The first-order valence-electron chi connectivity index (χ1n) is 6.65. The molecule has 1 aromatic heterocycles. The van der Waals surface area contributed by atoms with Gasteiger partial charge >= 0.3 is 0 Å². The number of rotatable bonds is 5. The molecular weight excluding hydrogens is 264 g/mol. The number of nitrogens with zero attached hydrogens (tertiary/aromatic N) is 2. The molecule has 0 fully saturated rings. The summed E-state index contributed by atoms with van der Waals surface area (Å²) in [5.41, 5.74) is 1.75. The highest BCUT2D eigenvalue weighted by molar-refractivity contribution is 6.05. The molecule has 2 aromatic rings. The summed E-state index contributed by atoms with van der Waals surface area (Å²) in [6.07, 6.45) is 7.11. The van der Waals surface area contributed by atoms with Gasteiger partial charge in [-0.25, -0.2) is 0 Å². The van der Waals surface area contributed by atoms with Crippen LogP contribution in [0.4, 0.5) is 5.69 Å². The Labute approximate surface area is 124 Å². The zero-order valence-corrected chi connectivity index (χ0v) is 12.5. The van der Waals surface area contributed by atoms with Gasteiger partial charge in [0.2, 0.25) is 0 Å². The fraction of sp³-hybridized carbons (Fsp3) is 0.176. The van der Waals surface area contributed by atoms with Crippen LogP contribution in [0.1, 0.15) is 10.4 Å². The number of ether oxygens (including phenoxy) is 1. The molecule has 0 bridgehead atoms. The summed E-state index contributed by atoms with van der Waals surface area (Å²) in [6, 6.07) is 11.0. The minimum absolute atomic E-state index is 0.0400. The first-order valence-corrected chi connectivity index (χ1v) is 6.65. The highest BCUT2D eigenvalue weighted by atomic mass is 16.5. The lowest BCUT2D eigenvalue weighted by atomic mass is 10.1. The van der Waals surface area contributed by atoms with Gasteiger partial charge in [-0.05, 0) is 24.3 Å². The lowest BCUT2D eigenvalue weighted by molar-refractivity contribution is -0.568. The molecule has 1 heterocycles. The maximum atomic E-state index is 12.0. The van der Waals surface area contributed by atoms with E-state index >= 15 is 0 Å². The van der Waals surface area contributed by atoms with Crippen molar-refractivity contribution in [3.8, 4) is 5.75 Å². The Morgan fingerprint density at radius 2 is 1.71 bits per heavy atom. The predicted octanol–water partition coefficient (Wildman–Crippen LogP) is 2.40. The molecule has 0 aliphatic rings. The van der Waals surface area contributed by atoms with Crippen molar-refractivity contribution in [3.05, 3.63) is 60.4 Å². The molecule has 21 heavy (non-hydrogen) atoms. The molecule has 0 saturated heterocycles. The number of methoxy groups -OCH3 is 1. The van der Waals surface area contributed by atoms with E-state index in [1.165, 1.54) is 0 Å². The summed E-state index contributed by atoms with van der Waals surface area (Å²) < 4.78 is 6.91. The maximum Gasteiger partial charge on any atom is 0.191 e. The van der Waals surface area contributed by atoms with Crippen LogP contribution in [0.15, 0.2) is 54.9 Å². The first-order chi connectivity index (χ1) is 10.1. The Morgan fingerprint density at radius 3 is 2.24 bits per heavy atom. The van der Waals surface area contributed by atoms with Crippen molar-refractivity contribution in [2.45, 2.75) is 0 Å². The number of aromatic nitrogens is 1. The number of carbonyl (C=O) groups is 1. The number of anilines is 1. The average Bonchev–Trinajstić information content (AvgIpc) is 2.53. The standard InChI is InChI=1S/C17H19N2O2/c1-18(2)15-8-11-19(12-9-15)13-10-17(20)14-4-6-16(21-3)7-5-14/h4-13H,1-3H3/q+1. The summed E-state index contributed by atoms with van der Waals surface area (Å²) in [7, 11) is 5.58. The van der Waals surface area contributed by atoms with Gasteiger partial charge in [0, 0.05) is 37.5 Å². The number of benzene rings is 1. The Kier molecular flexibility index (Phi) is 4.72. The molecule has 4 nitrogen and oxygen atoms in total. The van der Waals surface area contributed by atoms with Crippen LogP contribution in [0.3, 0.4) is 0 Å². The second kappa shape index (κ2) is 6.70. The van der Waals surface area contributed by atoms with E-state index in [1.54, 1.807) is 43.7 Å². The number of allylic oxidation sites excluding steroid dienone is 1. The first kappa shape index (κ1) is 14.8. The number of hydrogen-bond donors (Lipinski definition) is 0. The van der Waals surface area contributed by atoms with Crippen molar-refractivity contribution < 1.29 is 14.1 Å². The quantitative estimate of drug-likeness (QED) is 0.480. The van der Waals surface area contributed by atoms with Gasteiger partial charge in [-0.2, -0.15) is 4.57 Å². The number of carbonyl (C=O) groups excluding carboxylic acids is 1. The smallest absolute Gasteiger partial charge is 0.191 e. The maximum absolute atomic E-state index is 12.0. The Morgan fingerprint density at radius 1 is 1.10 bits per heavy atom. The van der Waals surface area contributed by atoms with Crippen LogP contribution in [0.2, 0.25) is 0 Å². The summed E-state index contributed by atoms with van der Waals surface area (Å²) in [5.74, 6) is 0.700. The molecular formula is C17H19N2O2+. The molecule has 2 rings (SSSR count). The van der Waals surface area contributed by atoms with Crippen LogP contribution >= 0.6 is 0 Å². The van der Waals surface area contributed by atoms with Gasteiger partial charge in [0.1, 0.15) is 5.75 Å². The molecule has 0 amide bonds. The third kappa shape index (κ3) is 3.92. The summed E-state index contributed by atoms with van der Waals surface area (Å²) in [6.45, 7) is 0. The van der Waals surface area contributed by atoms with E-state index in [4.69, 9.17) is 4.74 Å². The zero-order chi connectivity index (χ0) is 15.2. The van der Waals surface area contributed by atoms with Gasteiger partial charge in [-0.15, -0.1) is 0 Å². The van der Waals surface area contributed by atoms with Crippen molar-refractivity contribution in [1.29, 1.82) is 0 Å². The molecule has 0 radical (unpaired) electrons. The molecule has 1 aromatic carbocycles. The molecule has 0 aliphatic carbocycles. The van der Waals surface area contributed by atoms with Gasteiger partial charge in [0.05, 0.1) is 13.2 Å². The summed E-state index contributed by atoms with van der Waals surface area (Å²) in [5, 5.41) is 0. The van der Waals surface area contributed by atoms with Crippen molar-refractivity contribution in [3.63, 3.8) is 0 Å². The van der Waals surface area contributed by atoms with Crippen LogP contribution in [-0.2, 0) is 0 Å². The van der Waals surface area contributed by atoms with Gasteiger partial charge in [-0.3, -0.25) is 4.79 Å². The molecule has 0 spiro atoms. The highest BCUT2D eigenvalue weighted by Gasteiger charge is 2.04. The molecule has 0 atom stereocenters. The topological polar surface area (TPSA) is 33.4 Å². The second-order valence-electron chi connectivity index (χ2n) is 4.81. The predicted molar refractivity (Wildman–Crippen MR) is 83.6 cm³/mol. The van der Waals surface area contributed by atoms with E-state index in [2.05, 4.69) is 0 Å². The van der Waals surface area contributed by atoms with E-state index < -0.39 is 0 Å². The molecule has 0 aliphatic heterocycles. The van der Waals surface area contributed by atoms with E-state index in [0.29, 0.717) is 5.56 Å². The van der Waals surface area contributed by atoms with Gasteiger partial charge in [0.15, 0.2) is 24.4 Å². The van der Waals surface area contributed by atoms with Crippen LogP contribution in [0, 0.1) is 0 Å². The number of pyridine rings is 1. The molecule has 0 saturated carbocycles. The normalized spacial score (nSPS) is 10.6. The summed E-state index contributed by atoms with van der Waals surface area (Å²) >= 11 is 0. The SMILES string of the molecule is COc1ccc(C(=O)C=C[n+]2ccc(N(C)C)cc2)cc1. The molecule has 0 unspecified atom stereocenters. The monoisotopic (exact) mass is 283 g/mol. The lowest BCUT2D eigenvalue weighted by Gasteiger charge is -2.09. The van der Waals surface area contributed by atoms with Gasteiger partial charge in [-0.1, -0.05) is 0 Å². The van der Waals surface area contributed by atoms with Crippen molar-refractivity contribution in [2.75, 3.05) is 26.1 Å². The Balaban J connectivity index is 2.07. The second-order valence-corrected chi connectivity index (χ2v) is 4.81. The van der Waals surface area contributed by atoms with Crippen LogP contribution < -0.4 is 14.2 Å². The lowest BCUT2D eigenvalue weighted by Crippen LogP contribution is -2.25. The minimum Gasteiger partial charge on any atom is -0.497 e. The number of hydrogen-bond acceptors (Lipinski definition) is 3. The third-order valence-corrected chi connectivity index (χ3v) is 3.12. The van der Waals surface area contributed by atoms with Gasteiger partial charge < -0.3 is 9.64 Å². The van der Waals surface area contributed by atoms with E-state index in [0.717, 1.165) is 11.4 Å². The molecule has 4 heteroatoms. The van der Waals surface area contributed by atoms with Crippen LogP contribution in [0.25, 0.3) is 6.20 Å². The van der Waals surface area contributed by atoms with E-state index in [-0.39, 0.29) is 5.78 Å². The van der Waals surface area contributed by atoms with Crippen molar-refractivity contribution >= 4 is 17.7 Å². The van der Waals surface area contributed by atoms with E-state index in [9.17, 15) is 4.79 Å². The Bertz CT molecular complexity index is 629. The number of ketones is 1. The van der Waals surface area contributed by atoms with Crippen molar-refractivity contribution in [2.24, 2.45) is 0 Å². The molecule has 0 N–H and O–H groups in total. The van der Waals surface area contributed by atoms with Crippen LogP contribution in [0.5, 0.6) is 5.75 Å². The fourth-order valence-electron chi connectivity index (χ4n) is 1.83. The van der Waals surface area contributed by atoms with Gasteiger partial charge in [0.25, 0.3) is 0 Å². The largest absolute Gasteiger partial charge is 0.497 e. The average molecular weight is 283 g/mol. The molecule has 108 valence electrons. The Hall–Kier alpha value is -2.62. The third-order valence-electron chi connectivity index (χ3n) is 3.12. The van der Waals surface area contributed by atoms with Crippen molar-refractivity contribution in [1.82, 2.24) is 0 Å².